The summed E-state index contributed by atoms with van der Waals surface area (Å²) in [6, 6.07) is 0. The van der Waals surface area contributed by atoms with Crippen molar-refractivity contribution in [1.82, 2.24) is 0 Å². The van der Waals surface area contributed by atoms with E-state index in [4.69, 9.17) is 0 Å². The molecule has 0 amide bonds. The molecule has 0 aliphatic rings. The minimum absolute atomic E-state index is 1.56. The Morgan fingerprint density at radius 3 is 1.40 bits per heavy atom. The van der Waals surface area contributed by atoms with Crippen molar-refractivity contribution in [2.75, 3.05) is 0 Å². The smallest absolute Gasteiger partial charge is 0.0261 e. The van der Waals surface area contributed by atoms with E-state index in [2.05, 4.69) is 35.7 Å². The molecule has 0 aliphatic carbocycles. The fourth-order valence-corrected chi connectivity index (χ4v) is 0. The van der Waals surface area contributed by atoms with Crippen molar-refractivity contribution in [3.63, 3.8) is 0 Å². The summed E-state index contributed by atoms with van der Waals surface area (Å²) in [5, 5.41) is 0. The average Bonchev–Trinajstić information content (AvgIpc) is 1.46. The van der Waals surface area contributed by atoms with Gasteiger partial charge in [-0.15, -0.1) is 13.2 Å². The van der Waals surface area contributed by atoms with Crippen LogP contribution in [0.4, 0.5) is 0 Å². The summed E-state index contributed by atoms with van der Waals surface area (Å²) >= 11 is 2.91. The summed E-state index contributed by atoms with van der Waals surface area (Å²) in [7, 11) is 0. The molecule has 0 atom stereocenters. The molecule has 1 heteroatoms. The van der Waals surface area contributed by atoms with Crippen molar-refractivity contribution in [3.05, 3.63) is 24.7 Å². The quantitative estimate of drug-likeness (QED) is 0.447. The Morgan fingerprint density at radius 1 is 1.40 bits per heavy atom. The van der Waals surface area contributed by atoms with E-state index in [1.54, 1.807) is 4.99 Å². The third-order valence-corrected chi connectivity index (χ3v) is 0. The van der Waals surface area contributed by atoms with Crippen molar-refractivity contribution in [1.29, 1.82) is 0 Å². The van der Waals surface area contributed by atoms with Gasteiger partial charge in [-0.1, -0.05) is 22.5 Å². The highest BCUT2D eigenvalue weighted by molar-refractivity contribution is 9.11. The zero-order chi connectivity index (χ0) is 4.71. The first-order valence-electron chi connectivity index (χ1n) is 1.13. The minimum atomic E-state index is 1.56. The molecule has 0 aromatic rings. The minimum Gasteiger partial charge on any atom is -0.106 e. The molecule has 0 fully saturated rings. The molecule has 0 rings (SSSR count). The van der Waals surface area contributed by atoms with Gasteiger partial charge in [-0.2, -0.15) is 0 Å². The maximum atomic E-state index is 3.28. The Kier molecular flexibility index (Phi) is 66.8. The number of rotatable bonds is 0. The Morgan fingerprint density at radius 2 is 1.40 bits per heavy atom. The van der Waals surface area contributed by atoms with Gasteiger partial charge in [0, 0.05) is 0 Å². The van der Waals surface area contributed by atoms with E-state index in [0.29, 0.717) is 0 Å². The first kappa shape index (κ1) is 8.88. The van der Waals surface area contributed by atoms with E-state index >= 15 is 0 Å². The van der Waals surface area contributed by atoms with Gasteiger partial charge in [0.2, 0.25) is 0 Å². The van der Waals surface area contributed by atoms with Crippen molar-refractivity contribution in [2.45, 2.75) is 0 Å². The fraction of sp³-hybridized carbons (Fsp3) is 0. The zero-order valence-electron chi connectivity index (χ0n) is 3.08. The summed E-state index contributed by atoms with van der Waals surface area (Å²) < 4.78 is 0. The van der Waals surface area contributed by atoms with Crippen molar-refractivity contribution in [2.24, 2.45) is 0 Å². The van der Waals surface area contributed by atoms with Gasteiger partial charge in [0.25, 0.3) is 0 Å². The molecule has 0 nitrogen and oxygen atoms in total. The summed E-state index contributed by atoms with van der Waals surface area (Å²) in [4.78, 5) is 1.56. The first-order valence-corrected chi connectivity index (χ1v) is 2.04. The second kappa shape index (κ2) is 37.6. The lowest BCUT2D eigenvalue weighted by atomic mass is 11.3. The van der Waals surface area contributed by atoms with Gasteiger partial charge < -0.3 is 0 Å². The van der Waals surface area contributed by atoms with Crippen molar-refractivity contribution in [3.8, 4) is 0 Å². The van der Waals surface area contributed by atoms with Crippen LogP contribution in [0.3, 0.4) is 0 Å². The lowest BCUT2D eigenvalue weighted by Gasteiger charge is -1.27. The van der Waals surface area contributed by atoms with E-state index in [0.717, 1.165) is 0 Å². The van der Waals surface area contributed by atoms with Crippen molar-refractivity contribution < 1.29 is 0 Å². The van der Waals surface area contributed by atoms with Crippen LogP contribution in [0, 0.1) is 0 Å². The molecule has 0 bridgehead atoms. The molecule has 0 aliphatic heterocycles. The second-order valence-corrected chi connectivity index (χ2v) is 0.802. The molecule has 5 heavy (non-hydrogen) atoms. The van der Waals surface area contributed by atoms with Crippen LogP contribution in [0.2, 0.25) is 0 Å². The van der Waals surface area contributed by atoms with Gasteiger partial charge in [-0.05, 0) is 4.99 Å². The van der Waals surface area contributed by atoms with Crippen LogP contribution in [0.25, 0.3) is 0 Å². The largest absolute Gasteiger partial charge is 0.106 e. The van der Waals surface area contributed by atoms with Crippen molar-refractivity contribution >= 4 is 15.9 Å². The number of halogens is 1. The molecule has 0 saturated heterocycles. The maximum Gasteiger partial charge on any atom is -0.0261 e. The maximum absolute atomic E-state index is 3.28. The van der Waals surface area contributed by atoms with Gasteiger partial charge in [0.1, 0.15) is 0 Å². The number of hydrogen-bond donors (Lipinski definition) is 0. The highest BCUT2D eigenvalue weighted by atomic mass is 79.9. The molecular weight excluding hydrogens is 128 g/mol. The average molecular weight is 135 g/mol. The molecule has 0 spiro atoms. The van der Waals surface area contributed by atoms with E-state index in [9.17, 15) is 0 Å². The van der Waals surface area contributed by atoms with E-state index in [-0.39, 0.29) is 0 Å². The Labute approximate surface area is 41.3 Å². The molecule has 0 saturated carbocycles. The van der Waals surface area contributed by atoms with E-state index in [1.807, 2.05) is 0 Å². The molecule has 0 unspecified atom stereocenters. The molecule has 0 aromatic heterocycles. The fourth-order valence-electron chi connectivity index (χ4n) is 0. The van der Waals surface area contributed by atoms with Gasteiger partial charge in [-0.25, -0.2) is 0 Å². The van der Waals surface area contributed by atoms with Crippen LogP contribution in [-0.2, 0) is 0 Å². The third-order valence-electron chi connectivity index (χ3n) is 0. The van der Waals surface area contributed by atoms with Gasteiger partial charge in [0.05, 0.1) is 0 Å². The van der Waals surface area contributed by atoms with Gasteiger partial charge in [-0.3, -0.25) is 0 Å². The second-order valence-electron chi connectivity index (χ2n) is 0.154. The summed E-state index contributed by atoms with van der Waals surface area (Å²) in [6.07, 6.45) is 0. The van der Waals surface area contributed by atoms with Crippen LogP contribution in [0.15, 0.2) is 24.7 Å². The lowest BCUT2D eigenvalue weighted by Crippen LogP contribution is -0.895. The molecular formula is C4H7Br. The van der Waals surface area contributed by atoms with Gasteiger partial charge in [0.15, 0.2) is 0 Å². The lowest BCUT2D eigenvalue weighted by molar-refractivity contribution is 2.72. The Balaban J connectivity index is 0. The summed E-state index contributed by atoms with van der Waals surface area (Å²) in [5.74, 6) is 0. The third kappa shape index (κ3) is 9510. The van der Waals surface area contributed by atoms with Crippen LogP contribution in [-0.4, -0.2) is 0 Å². The molecule has 30 valence electrons. The van der Waals surface area contributed by atoms with E-state index < -0.39 is 0 Å². The SMILES string of the molecule is C=C.C=CBr. The molecule has 0 heterocycles. The van der Waals surface area contributed by atoms with Crippen LogP contribution < -0.4 is 0 Å². The van der Waals surface area contributed by atoms with E-state index in [1.165, 1.54) is 0 Å². The molecule has 0 N–H and O–H groups in total. The highest BCUT2D eigenvalue weighted by Crippen LogP contribution is 1.68. The summed E-state index contributed by atoms with van der Waals surface area (Å²) in [6.45, 7) is 9.28. The normalized spacial score (nSPS) is 3.40. The monoisotopic (exact) mass is 134 g/mol. The van der Waals surface area contributed by atoms with Crippen LogP contribution in [0.1, 0.15) is 0 Å². The highest BCUT2D eigenvalue weighted by Gasteiger charge is 1.18. The standard InChI is InChI=1S/C2H3Br.C2H4/c1-2-3;1-2/h2H,1H2;1-2H2. The molecule has 0 aromatic carbocycles. The number of hydrogen-bond acceptors (Lipinski definition) is 0. The van der Waals surface area contributed by atoms with Crippen LogP contribution >= 0.6 is 15.9 Å². The first-order chi connectivity index (χ1) is 2.41. The predicted molar refractivity (Wildman–Crippen MR) is 30.4 cm³/mol. The van der Waals surface area contributed by atoms with Crippen LogP contribution in [0.5, 0.6) is 0 Å². The molecule has 0 radical (unpaired) electrons. The Hall–Kier alpha value is -0.0400. The summed E-state index contributed by atoms with van der Waals surface area (Å²) in [5.41, 5.74) is 0. The Bertz CT molecular complexity index is 17.6. The topological polar surface area (TPSA) is 0 Å². The zero-order valence-corrected chi connectivity index (χ0v) is 4.66. The predicted octanol–water partition coefficient (Wildman–Crippen LogP) is 2.33. The van der Waals surface area contributed by atoms with Gasteiger partial charge >= 0.3 is 0 Å².